The predicted molar refractivity (Wildman–Crippen MR) is 65.4 cm³/mol. The first-order valence-electron chi connectivity index (χ1n) is 6.26. The molecule has 0 saturated heterocycles. The molecule has 0 aromatic heterocycles. The summed E-state index contributed by atoms with van der Waals surface area (Å²) in [4.78, 5) is 0. The van der Waals surface area contributed by atoms with Gasteiger partial charge in [0, 0.05) is 0 Å². The summed E-state index contributed by atoms with van der Waals surface area (Å²) < 4.78 is 11.3. The Bertz CT molecular complexity index is 323. The first-order valence-corrected chi connectivity index (χ1v) is 6.26. The Hall–Kier alpha value is -1.18. The van der Waals surface area contributed by atoms with Crippen LogP contribution in [0.25, 0.3) is 0 Å². The smallest absolute Gasteiger partial charge is 0.161 e. The highest BCUT2D eigenvalue weighted by Gasteiger charge is 2.14. The van der Waals surface area contributed by atoms with Crippen LogP contribution in [0.2, 0.25) is 0 Å². The normalized spacial score (nSPS) is 14.4. The molecule has 0 radical (unpaired) electrons. The number of benzene rings is 1. The number of ether oxygens (including phenoxy) is 2. The molecule has 1 aromatic rings. The molecule has 0 N–H and O–H groups in total. The van der Waals surface area contributed by atoms with Crippen LogP contribution >= 0.6 is 0 Å². The average Bonchev–Trinajstić information content (AvgIpc) is 2.30. The number of hydrogen-bond donors (Lipinski definition) is 0. The number of fused-ring (bicyclic) bond motifs is 1. The molecular weight excluding hydrogens is 200 g/mol. The van der Waals surface area contributed by atoms with Crippen LogP contribution in [0, 0.1) is 0 Å². The molecule has 1 aliphatic carbocycles. The molecular formula is C14H20O2. The molecule has 2 rings (SSSR count). The highest BCUT2D eigenvalue weighted by Crippen LogP contribution is 2.34. The van der Waals surface area contributed by atoms with E-state index in [0.29, 0.717) is 13.2 Å². The van der Waals surface area contributed by atoms with Gasteiger partial charge in [-0.2, -0.15) is 0 Å². The van der Waals surface area contributed by atoms with Crippen LogP contribution in [0.3, 0.4) is 0 Å². The van der Waals surface area contributed by atoms with E-state index < -0.39 is 0 Å². The van der Waals surface area contributed by atoms with Gasteiger partial charge in [0.1, 0.15) is 0 Å². The fourth-order valence-corrected chi connectivity index (χ4v) is 2.28. The van der Waals surface area contributed by atoms with Crippen LogP contribution in [-0.4, -0.2) is 13.2 Å². The standard InChI is InChI=1S/C14H20O2/c1-3-15-13-9-11-7-5-6-8-12(11)10-14(13)16-4-2/h9-10H,3-8H2,1-2H3. The Morgan fingerprint density at radius 2 is 1.31 bits per heavy atom. The maximum absolute atomic E-state index is 5.63. The molecule has 0 aliphatic heterocycles. The molecule has 2 nitrogen and oxygen atoms in total. The molecule has 0 saturated carbocycles. The van der Waals surface area contributed by atoms with E-state index in [1.54, 1.807) is 0 Å². The van der Waals surface area contributed by atoms with Crippen LogP contribution in [0.1, 0.15) is 37.8 Å². The number of rotatable bonds is 4. The first kappa shape index (κ1) is 11.3. The van der Waals surface area contributed by atoms with Crippen LogP contribution in [0.15, 0.2) is 12.1 Å². The molecule has 0 heterocycles. The molecule has 1 aliphatic rings. The van der Waals surface area contributed by atoms with Crippen LogP contribution < -0.4 is 9.47 Å². The van der Waals surface area contributed by atoms with Crippen molar-refractivity contribution in [2.24, 2.45) is 0 Å². The van der Waals surface area contributed by atoms with E-state index >= 15 is 0 Å². The molecule has 0 spiro atoms. The highest BCUT2D eigenvalue weighted by molar-refractivity contribution is 5.48. The molecule has 0 unspecified atom stereocenters. The highest BCUT2D eigenvalue weighted by atomic mass is 16.5. The number of aryl methyl sites for hydroxylation is 2. The van der Waals surface area contributed by atoms with Gasteiger partial charge in [-0.05, 0) is 62.8 Å². The topological polar surface area (TPSA) is 18.5 Å². The number of hydrogen-bond acceptors (Lipinski definition) is 2. The van der Waals surface area contributed by atoms with Crippen molar-refractivity contribution in [1.82, 2.24) is 0 Å². The van der Waals surface area contributed by atoms with Gasteiger partial charge in [-0.1, -0.05) is 0 Å². The van der Waals surface area contributed by atoms with Crippen molar-refractivity contribution in [2.45, 2.75) is 39.5 Å². The molecule has 0 bridgehead atoms. The van der Waals surface area contributed by atoms with Crippen LogP contribution in [-0.2, 0) is 12.8 Å². The van der Waals surface area contributed by atoms with E-state index in [-0.39, 0.29) is 0 Å². The lowest BCUT2D eigenvalue weighted by atomic mass is 9.91. The summed E-state index contributed by atoms with van der Waals surface area (Å²) in [6, 6.07) is 4.34. The fraction of sp³-hybridized carbons (Fsp3) is 0.571. The van der Waals surface area contributed by atoms with Crippen molar-refractivity contribution in [2.75, 3.05) is 13.2 Å². The van der Waals surface area contributed by atoms with Gasteiger partial charge in [0.25, 0.3) is 0 Å². The van der Waals surface area contributed by atoms with Gasteiger partial charge in [-0.25, -0.2) is 0 Å². The summed E-state index contributed by atoms with van der Waals surface area (Å²) in [5, 5.41) is 0. The molecule has 0 amide bonds. The Morgan fingerprint density at radius 1 is 0.875 bits per heavy atom. The van der Waals surface area contributed by atoms with Gasteiger partial charge in [0.2, 0.25) is 0 Å². The van der Waals surface area contributed by atoms with E-state index in [2.05, 4.69) is 12.1 Å². The second-order valence-electron chi connectivity index (χ2n) is 4.14. The van der Waals surface area contributed by atoms with Gasteiger partial charge in [-0.3, -0.25) is 0 Å². The largest absolute Gasteiger partial charge is 0.490 e. The van der Waals surface area contributed by atoms with Crippen molar-refractivity contribution in [3.63, 3.8) is 0 Å². The summed E-state index contributed by atoms with van der Waals surface area (Å²) in [6.07, 6.45) is 4.96. The summed E-state index contributed by atoms with van der Waals surface area (Å²) in [6.45, 7) is 5.40. The third-order valence-electron chi connectivity index (χ3n) is 3.01. The van der Waals surface area contributed by atoms with Crippen LogP contribution in [0.5, 0.6) is 11.5 Å². The zero-order valence-electron chi connectivity index (χ0n) is 10.2. The summed E-state index contributed by atoms with van der Waals surface area (Å²) in [5.74, 6) is 1.81. The van der Waals surface area contributed by atoms with Crippen molar-refractivity contribution in [1.29, 1.82) is 0 Å². The molecule has 0 fully saturated rings. The Labute approximate surface area is 97.6 Å². The zero-order chi connectivity index (χ0) is 11.4. The van der Waals surface area contributed by atoms with Crippen LogP contribution in [0.4, 0.5) is 0 Å². The Balaban J connectivity index is 2.33. The second kappa shape index (κ2) is 5.24. The monoisotopic (exact) mass is 220 g/mol. The minimum Gasteiger partial charge on any atom is -0.490 e. The summed E-state index contributed by atoms with van der Waals surface area (Å²) >= 11 is 0. The zero-order valence-corrected chi connectivity index (χ0v) is 10.2. The molecule has 0 atom stereocenters. The van der Waals surface area contributed by atoms with Crippen molar-refractivity contribution >= 4 is 0 Å². The lowest BCUT2D eigenvalue weighted by Crippen LogP contribution is -2.06. The SMILES string of the molecule is CCOc1cc2c(cc1OCC)CCCC2. The molecule has 2 heteroatoms. The van der Waals surface area contributed by atoms with Crippen molar-refractivity contribution < 1.29 is 9.47 Å². The third kappa shape index (κ3) is 2.31. The Kier molecular flexibility index (Phi) is 3.70. The summed E-state index contributed by atoms with van der Waals surface area (Å²) in [7, 11) is 0. The first-order chi connectivity index (χ1) is 7.85. The Morgan fingerprint density at radius 3 is 1.69 bits per heavy atom. The lowest BCUT2D eigenvalue weighted by molar-refractivity contribution is 0.287. The van der Waals surface area contributed by atoms with E-state index in [4.69, 9.17) is 9.47 Å². The van der Waals surface area contributed by atoms with E-state index in [1.165, 1.54) is 36.8 Å². The van der Waals surface area contributed by atoms with E-state index in [0.717, 1.165) is 11.5 Å². The third-order valence-corrected chi connectivity index (χ3v) is 3.01. The second-order valence-corrected chi connectivity index (χ2v) is 4.14. The minimum absolute atomic E-state index is 0.693. The van der Waals surface area contributed by atoms with Gasteiger partial charge in [-0.15, -0.1) is 0 Å². The molecule has 1 aromatic carbocycles. The maximum atomic E-state index is 5.63. The van der Waals surface area contributed by atoms with Gasteiger partial charge in [0.05, 0.1) is 13.2 Å². The van der Waals surface area contributed by atoms with Crippen molar-refractivity contribution in [3.8, 4) is 11.5 Å². The minimum atomic E-state index is 0.693. The lowest BCUT2D eigenvalue weighted by Gasteiger charge is -2.19. The fourth-order valence-electron chi connectivity index (χ4n) is 2.28. The van der Waals surface area contributed by atoms with Gasteiger partial charge >= 0.3 is 0 Å². The van der Waals surface area contributed by atoms with Gasteiger partial charge < -0.3 is 9.47 Å². The summed E-state index contributed by atoms with van der Waals surface area (Å²) in [5.41, 5.74) is 2.89. The van der Waals surface area contributed by atoms with Crippen molar-refractivity contribution in [3.05, 3.63) is 23.3 Å². The van der Waals surface area contributed by atoms with E-state index in [1.807, 2.05) is 13.8 Å². The average molecular weight is 220 g/mol. The maximum Gasteiger partial charge on any atom is 0.161 e. The quantitative estimate of drug-likeness (QED) is 0.774. The van der Waals surface area contributed by atoms with E-state index in [9.17, 15) is 0 Å². The molecule has 16 heavy (non-hydrogen) atoms. The molecule has 88 valence electrons. The predicted octanol–water partition coefficient (Wildman–Crippen LogP) is 3.36. The van der Waals surface area contributed by atoms with Gasteiger partial charge in [0.15, 0.2) is 11.5 Å².